The van der Waals surface area contributed by atoms with Gasteiger partial charge in [-0.2, -0.15) is 0 Å². The molecule has 0 aliphatic heterocycles. The van der Waals surface area contributed by atoms with E-state index in [1.54, 1.807) is 0 Å². The molecule has 2 nitrogen and oxygen atoms in total. The third-order valence-electron chi connectivity index (χ3n) is 4.62. The van der Waals surface area contributed by atoms with Crippen molar-refractivity contribution >= 4 is 8.32 Å². The van der Waals surface area contributed by atoms with E-state index >= 15 is 0 Å². The number of rotatable bonds is 7. The van der Waals surface area contributed by atoms with E-state index in [9.17, 15) is 4.80 Å². The Morgan fingerprint density at radius 3 is 0.882 bits per heavy atom. The standard InChI is InChI=1S/C8H20N.C6H15OSi/c1-5-9(6-2,7-3)8-4;1-4-8(7,5-2)6-3/h5-8H2,1-4H3;4-6H2,1-3H3/q+1;-1. The number of hydrogen-bond donors (Lipinski definition) is 0. The van der Waals surface area contributed by atoms with Gasteiger partial charge in [0.05, 0.1) is 26.2 Å². The van der Waals surface area contributed by atoms with E-state index in [0.717, 1.165) is 18.1 Å². The van der Waals surface area contributed by atoms with Gasteiger partial charge in [0.15, 0.2) is 0 Å². The lowest BCUT2D eigenvalue weighted by Gasteiger charge is -2.35. The first-order valence-corrected chi connectivity index (χ1v) is 10.0. The maximum absolute atomic E-state index is 11.3. The Morgan fingerprint density at radius 1 is 0.647 bits per heavy atom. The second-order valence-corrected chi connectivity index (χ2v) is 9.34. The molecule has 0 rings (SSSR count). The van der Waals surface area contributed by atoms with Gasteiger partial charge < -0.3 is 9.28 Å². The Kier molecular flexibility index (Phi) is 11.6. The fourth-order valence-electron chi connectivity index (χ4n) is 2.09. The maximum atomic E-state index is 11.3. The van der Waals surface area contributed by atoms with Crippen LogP contribution in [0.15, 0.2) is 0 Å². The van der Waals surface area contributed by atoms with Gasteiger partial charge in [0.1, 0.15) is 0 Å². The zero-order chi connectivity index (χ0) is 13.9. The van der Waals surface area contributed by atoms with Gasteiger partial charge in [-0.15, -0.1) is 0 Å². The fourth-order valence-corrected chi connectivity index (χ4v) is 3.59. The zero-order valence-corrected chi connectivity index (χ0v) is 14.3. The first-order chi connectivity index (χ1) is 7.92. The van der Waals surface area contributed by atoms with Crippen LogP contribution in [0.3, 0.4) is 0 Å². The molecular formula is C14H35NOSi. The molecule has 0 heterocycles. The quantitative estimate of drug-likeness (QED) is 0.510. The number of hydrogen-bond acceptors (Lipinski definition) is 1. The summed E-state index contributed by atoms with van der Waals surface area (Å²) in [4.78, 5) is 11.3. The number of quaternary nitrogens is 1. The van der Waals surface area contributed by atoms with E-state index in [2.05, 4.69) is 27.7 Å². The lowest BCUT2D eigenvalue weighted by molar-refractivity contribution is -0.921. The second kappa shape index (κ2) is 10.1. The summed E-state index contributed by atoms with van der Waals surface area (Å²) in [6.45, 7) is 20.3. The third-order valence-corrected chi connectivity index (χ3v) is 8.48. The van der Waals surface area contributed by atoms with E-state index in [0.29, 0.717) is 0 Å². The Labute approximate surface area is 111 Å². The molecule has 17 heavy (non-hydrogen) atoms. The summed E-state index contributed by atoms with van der Waals surface area (Å²) >= 11 is 0. The Balaban J connectivity index is 0. The molecule has 0 aromatic carbocycles. The predicted molar refractivity (Wildman–Crippen MR) is 79.6 cm³/mol. The molecule has 0 atom stereocenters. The van der Waals surface area contributed by atoms with Crippen LogP contribution in [0.2, 0.25) is 18.1 Å². The van der Waals surface area contributed by atoms with E-state index in [4.69, 9.17) is 0 Å². The molecule has 0 spiro atoms. The summed E-state index contributed by atoms with van der Waals surface area (Å²) in [5.41, 5.74) is 0. The molecule has 0 bridgehead atoms. The van der Waals surface area contributed by atoms with Crippen LogP contribution in [0.5, 0.6) is 0 Å². The zero-order valence-electron chi connectivity index (χ0n) is 13.3. The van der Waals surface area contributed by atoms with Gasteiger partial charge in [0.25, 0.3) is 0 Å². The lowest BCUT2D eigenvalue weighted by Crippen LogP contribution is -2.47. The third kappa shape index (κ3) is 7.22. The molecule has 0 aromatic heterocycles. The minimum absolute atomic E-state index is 0.903. The van der Waals surface area contributed by atoms with Gasteiger partial charge >= 0.3 is 0 Å². The molecule has 0 aromatic rings. The second-order valence-electron chi connectivity index (χ2n) is 4.85. The Morgan fingerprint density at radius 2 is 0.882 bits per heavy atom. The molecule has 3 heteroatoms. The highest BCUT2D eigenvalue weighted by Crippen LogP contribution is 2.11. The van der Waals surface area contributed by atoms with Crippen molar-refractivity contribution in [2.24, 2.45) is 0 Å². The SMILES string of the molecule is CC[N+](CC)(CC)CC.CC[Si]([O-])(CC)CC. The normalized spacial score (nSPS) is 12.0. The van der Waals surface area contributed by atoms with Crippen molar-refractivity contribution in [1.82, 2.24) is 0 Å². The van der Waals surface area contributed by atoms with Crippen LogP contribution in [0.4, 0.5) is 0 Å². The molecule has 106 valence electrons. The topological polar surface area (TPSA) is 23.1 Å². The van der Waals surface area contributed by atoms with Gasteiger partial charge in [0, 0.05) is 0 Å². The lowest BCUT2D eigenvalue weighted by atomic mass is 10.3. The van der Waals surface area contributed by atoms with Crippen molar-refractivity contribution in [3.8, 4) is 0 Å². The highest BCUT2D eigenvalue weighted by molar-refractivity contribution is 6.70. The predicted octanol–water partition coefficient (Wildman–Crippen LogP) is 3.23. The van der Waals surface area contributed by atoms with E-state index in [1.165, 1.54) is 30.7 Å². The van der Waals surface area contributed by atoms with Crippen molar-refractivity contribution in [3.63, 3.8) is 0 Å². The summed E-state index contributed by atoms with van der Waals surface area (Å²) in [6.07, 6.45) is 0. The van der Waals surface area contributed by atoms with E-state index < -0.39 is 8.32 Å². The molecule has 0 amide bonds. The Hall–Kier alpha value is 0.137. The van der Waals surface area contributed by atoms with Gasteiger partial charge in [-0.05, 0) is 36.0 Å². The highest BCUT2D eigenvalue weighted by Gasteiger charge is 2.16. The largest absolute Gasteiger partial charge is 0.858 e. The van der Waals surface area contributed by atoms with Crippen molar-refractivity contribution in [2.45, 2.75) is 66.6 Å². The van der Waals surface area contributed by atoms with Crippen LogP contribution in [-0.4, -0.2) is 39.0 Å². The van der Waals surface area contributed by atoms with Crippen LogP contribution in [0.1, 0.15) is 48.5 Å². The highest BCUT2D eigenvalue weighted by atomic mass is 28.4. The Bertz CT molecular complexity index is 140. The van der Waals surface area contributed by atoms with Crippen LogP contribution in [-0.2, 0) is 0 Å². The summed E-state index contributed by atoms with van der Waals surface area (Å²) in [7, 11) is -1.92. The van der Waals surface area contributed by atoms with Gasteiger partial charge in [-0.1, -0.05) is 38.9 Å². The average molecular weight is 262 g/mol. The average Bonchev–Trinajstić information content (AvgIpc) is 2.42. The van der Waals surface area contributed by atoms with E-state index in [-0.39, 0.29) is 0 Å². The van der Waals surface area contributed by atoms with Crippen molar-refractivity contribution in [3.05, 3.63) is 0 Å². The first kappa shape index (κ1) is 19.5. The summed E-state index contributed by atoms with van der Waals surface area (Å²) in [6, 6.07) is 2.71. The molecule has 0 aliphatic carbocycles. The van der Waals surface area contributed by atoms with E-state index in [1.807, 2.05) is 20.8 Å². The maximum Gasteiger partial charge on any atom is 0.0757 e. The van der Waals surface area contributed by atoms with Crippen molar-refractivity contribution in [2.75, 3.05) is 26.2 Å². The summed E-state index contributed by atoms with van der Waals surface area (Å²) in [5, 5.41) is 0. The minimum atomic E-state index is -1.92. The van der Waals surface area contributed by atoms with Crippen molar-refractivity contribution < 1.29 is 9.28 Å². The smallest absolute Gasteiger partial charge is 0.0757 e. The molecule has 0 radical (unpaired) electrons. The van der Waals surface area contributed by atoms with Crippen LogP contribution < -0.4 is 4.80 Å². The summed E-state index contributed by atoms with van der Waals surface area (Å²) in [5.74, 6) is 0. The van der Waals surface area contributed by atoms with Crippen molar-refractivity contribution in [1.29, 1.82) is 0 Å². The fraction of sp³-hybridized carbons (Fsp3) is 1.00. The molecule has 0 N–H and O–H groups in total. The van der Waals surface area contributed by atoms with Crippen LogP contribution >= 0.6 is 0 Å². The molecule has 0 unspecified atom stereocenters. The number of nitrogens with zero attached hydrogens (tertiary/aromatic N) is 1. The molecule has 0 saturated heterocycles. The monoisotopic (exact) mass is 261 g/mol. The first-order valence-electron chi connectivity index (χ1n) is 7.48. The van der Waals surface area contributed by atoms with Crippen LogP contribution in [0.25, 0.3) is 0 Å². The summed E-state index contributed by atoms with van der Waals surface area (Å²) < 4.78 is 1.28. The van der Waals surface area contributed by atoms with Crippen LogP contribution in [0, 0.1) is 0 Å². The van der Waals surface area contributed by atoms with Gasteiger partial charge in [0.2, 0.25) is 0 Å². The van der Waals surface area contributed by atoms with Gasteiger partial charge in [-0.25, -0.2) is 0 Å². The molecular weight excluding hydrogens is 226 g/mol. The molecule has 0 fully saturated rings. The van der Waals surface area contributed by atoms with Gasteiger partial charge in [-0.3, -0.25) is 0 Å². The minimum Gasteiger partial charge on any atom is -0.858 e. The molecule has 0 aliphatic rings. The molecule has 0 saturated carbocycles.